The fourth-order valence-corrected chi connectivity index (χ4v) is 1.77. The van der Waals surface area contributed by atoms with Crippen LogP contribution in [0.4, 0.5) is 0 Å². The molecule has 4 nitrogen and oxygen atoms in total. The molecule has 0 unspecified atom stereocenters. The molecule has 1 heterocycles. The van der Waals surface area contributed by atoms with Gasteiger partial charge in [0.05, 0.1) is 10.3 Å². The third-order valence-corrected chi connectivity index (χ3v) is 2.31. The molecule has 0 spiro atoms. The number of fused-ring (bicyclic) bond motifs is 1. The Labute approximate surface area is 76.3 Å². The number of nitrogens with zero attached hydrogens (tertiary/aromatic N) is 1. The molecule has 2 aromatic rings. The van der Waals surface area contributed by atoms with E-state index < -0.39 is 4.94 Å². The molecule has 0 radical (unpaired) electrons. The smallest absolute Gasteiger partial charge is 0.396 e. The molecular weight excluding hydrogens is 190 g/mol. The normalized spacial score (nSPS) is 10.1. The highest BCUT2D eigenvalue weighted by Crippen LogP contribution is 2.25. The SMILES string of the molecule is N#Cc1cc(O)cc2sc(=O)oc12. The van der Waals surface area contributed by atoms with Crippen LogP contribution in [0.5, 0.6) is 5.75 Å². The van der Waals surface area contributed by atoms with Crippen molar-refractivity contribution in [3.63, 3.8) is 0 Å². The second-order valence-corrected chi connectivity index (χ2v) is 3.36. The maximum absolute atomic E-state index is 10.8. The van der Waals surface area contributed by atoms with Crippen LogP contribution in [0.25, 0.3) is 10.3 Å². The lowest BCUT2D eigenvalue weighted by Gasteiger charge is -1.92. The first-order chi connectivity index (χ1) is 6.20. The van der Waals surface area contributed by atoms with Gasteiger partial charge in [0.1, 0.15) is 11.8 Å². The summed E-state index contributed by atoms with van der Waals surface area (Å²) in [4.78, 5) is 10.4. The number of rotatable bonds is 0. The largest absolute Gasteiger partial charge is 0.508 e. The first-order valence-electron chi connectivity index (χ1n) is 3.37. The van der Waals surface area contributed by atoms with Crippen LogP contribution >= 0.6 is 11.3 Å². The van der Waals surface area contributed by atoms with Gasteiger partial charge in [-0.15, -0.1) is 0 Å². The number of phenolic OH excluding ortho intramolecular Hbond substituents is 1. The van der Waals surface area contributed by atoms with Crippen molar-refractivity contribution in [3.05, 3.63) is 27.4 Å². The van der Waals surface area contributed by atoms with Crippen LogP contribution in [0.3, 0.4) is 0 Å². The van der Waals surface area contributed by atoms with Gasteiger partial charge in [-0.25, -0.2) is 4.79 Å². The van der Waals surface area contributed by atoms with Crippen molar-refractivity contribution in [2.75, 3.05) is 0 Å². The molecule has 0 fully saturated rings. The van der Waals surface area contributed by atoms with E-state index in [0.717, 1.165) is 11.3 Å². The molecule has 0 aliphatic rings. The zero-order valence-electron chi connectivity index (χ0n) is 6.27. The number of benzene rings is 1. The lowest BCUT2D eigenvalue weighted by molar-refractivity contribution is 0.475. The summed E-state index contributed by atoms with van der Waals surface area (Å²) in [7, 11) is 0. The van der Waals surface area contributed by atoms with Gasteiger partial charge in [0.15, 0.2) is 5.58 Å². The third kappa shape index (κ3) is 1.17. The number of hydrogen-bond donors (Lipinski definition) is 1. The average molecular weight is 193 g/mol. The Morgan fingerprint density at radius 1 is 1.54 bits per heavy atom. The summed E-state index contributed by atoms with van der Waals surface area (Å²) in [5, 5.41) is 17.8. The zero-order valence-corrected chi connectivity index (χ0v) is 7.09. The molecule has 0 aliphatic carbocycles. The van der Waals surface area contributed by atoms with Crippen molar-refractivity contribution in [2.45, 2.75) is 0 Å². The van der Waals surface area contributed by atoms with E-state index in [0.29, 0.717) is 4.70 Å². The molecule has 0 atom stereocenters. The summed E-state index contributed by atoms with van der Waals surface area (Å²) >= 11 is 0.862. The molecule has 64 valence electrons. The van der Waals surface area contributed by atoms with Gasteiger partial charge in [-0.3, -0.25) is 0 Å². The standard InChI is InChI=1S/C8H3NO3S/c9-3-4-1-5(10)2-6-7(4)12-8(11)13-6/h1-2,10H. The minimum absolute atomic E-state index is 0.0406. The second-order valence-electron chi connectivity index (χ2n) is 2.39. The maximum atomic E-state index is 10.8. The predicted octanol–water partition coefficient (Wildman–Crippen LogP) is 1.43. The highest BCUT2D eigenvalue weighted by molar-refractivity contribution is 7.16. The second kappa shape index (κ2) is 2.61. The summed E-state index contributed by atoms with van der Waals surface area (Å²) in [6.45, 7) is 0. The molecule has 1 aromatic heterocycles. The fourth-order valence-electron chi connectivity index (χ4n) is 1.05. The molecule has 0 saturated heterocycles. The summed E-state index contributed by atoms with van der Waals surface area (Å²) in [6, 6.07) is 4.49. The molecule has 13 heavy (non-hydrogen) atoms. The Bertz CT molecular complexity index is 561. The van der Waals surface area contributed by atoms with Gasteiger partial charge in [-0.2, -0.15) is 5.26 Å². The van der Waals surface area contributed by atoms with E-state index in [1.165, 1.54) is 12.1 Å². The molecule has 0 aliphatic heterocycles. The topological polar surface area (TPSA) is 74.2 Å². The number of nitriles is 1. The highest BCUT2D eigenvalue weighted by atomic mass is 32.1. The van der Waals surface area contributed by atoms with Crippen LogP contribution in [0, 0.1) is 11.3 Å². The van der Waals surface area contributed by atoms with E-state index in [1.54, 1.807) is 0 Å². The average Bonchev–Trinajstić information content (AvgIpc) is 2.43. The van der Waals surface area contributed by atoms with Crippen LogP contribution in [0.15, 0.2) is 21.3 Å². The van der Waals surface area contributed by atoms with Crippen molar-refractivity contribution in [1.29, 1.82) is 5.26 Å². The van der Waals surface area contributed by atoms with Crippen molar-refractivity contribution < 1.29 is 9.52 Å². The number of phenols is 1. The first kappa shape index (κ1) is 7.83. The molecular formula is C8H3NO3S. The van der Waals surface area contributed by atoms with Gasteiger partial charge in [0, 0.05) is 12.1 Å². The van der Waals surface area contributed by atoms with Crippen LogP contribution in [0.1, 0.15) is 5.56 Å². The Balaban J connectivity index is 2.98. The Hall–Kier alpha value is -1.80. The van der Waals surface area contributed by atoms with E-state index >= 15 is 0 Å². The van der Waals surface area contributed by atoms with Crippen molar-refractivity contribution in [3.8, 4) is 11.8 Å². The number of hydrogen-bond acceptors (Lipinski definition) is 5. The monoisotopic (exact) mass is 193 g/mol. The van der Waals surface area contributed by atoms with Gasteiger partial charge in [-0.1, -0.05) is 11.3 Å². The molecule has 0 saturated carbocycles. The maximum Gasteiger partial charge on any atom is 0.396 e. The van der Waals surface area contributed by atoms with Gasteiger partial charge in [-0.05, 0) is 0 Å². The van der Waals surface area contributed by atoms with Crippen molar-refractivity contribution >= 4 is 21.6 Å². The lowest BCUT2D eigenvalue weighted by atomic mass is 10.2. The quantitative estimate of drug-likeness (QED) is 0.686. The first-order valence-corrected chi connectivity index (χ1v) is 4.19. The van der Waals surface area contributed by atoms with Gasteiger partial charge < -0.3 is 9.52 Å². The highest BCUT2D eigenvalue weighted by Gasteiger charge is 2.08. The molecule has 1 N–H and O–H groups in total. The van der Waals surface area contributed by atoms with E-state index in [-0.39, 0.29) is 16.9 Å². The van der Waals surface area contributed by atoms with Gasteiger partial charge in [0.2, 0.25) is 0 Å². The summed E-state index contributed by atoms with van der Waals surface area (Å²) in [5.74, 6) is -0.0406. The van der Waals surface area contributed by atoms with Gasteiger partial charge in [0.25, 0.3) is 0 Å². The summed E-state index contributed by atoms with van der Waals surface area (Å²) in [6.07, 6.45) is 0. The van der Waals surface area contributed by atoms with E-state index in [1.807, 2.05) is 6.07 Å². The van der Waals surface area contributed by atoms with Crippen molar-refractivity contribution in [1.82, 2.24) is 0 Å². The predicted molar refractivity (Wildman–Crippen MR) is 46.7 cm³/mol. The molecule has 1 aromatic carbocycles. The van der Waals surface area contributed by atoms with Crippen LogP contribution in [-0.4, -0.2) is 5.11 Å². The van der Waals surface area contributed by atoms with Crippen LogP contribution < -0.4 is 4.94 Å². The molecule has 0 bridgehead atoms. The van der Waals surface area contributed by atoms with Gasteiger partial charge >= 0.3 is 4.94 Å². The Morgan fingerprint density at radius 2 is 2.31 bits per heavy atom. The summed E-state index contributed by atoms with van der Waals surface area (Å²) < 4.78 is 5.26. The fraction of sp³-hybridized carbons (Fsp3) is 0. The number of aromatic hydroxyl groups is 1. The lowest BCUT2D eigenvalue weighted by Crippen LogP contribution is -1.80. The Morgan fingerprint density at radius 3 is 3.00 bits per heavy atom. The third-order valence-electron chi connectivity index (χ3n) is 1.54. The minimum Gasteiger partial charge on any atom is -0.508 e. The van der Waals surface area contributed by atoms with E-state index in [9.17, 15) is 4.79 Å². The van der Waals surface area contributed by atoms with E-state index in [2.05, 4.69) is 0 Å². The van der Waals surface area contributed by atoms with E-state index in [4.69, 9.17) is 14.8 Å². The zero-order chi connectivity index (χ0) is 9.42. The molecule has 2 rings (SSSR count). The molecule has 0 amide bonds. The van der Waals surface area contributed by atoms with Crippen LogP contribution in [-0.2, 0) is 0 Å². The van der Waals surface area contributed by atoms with Crippen LogP contribution in [0.2, 0.25) is 0 Å². The Kier molecular flexibility index (Phi) is 1.57. The summed E-state index contributed by atoms with van der Waals surface area (Å²) in [5.41, 5.74) is 0.420. The molecule has 5 heteroatoms. The minimum atomic E-state index is -0.475. The van der Waals surface area contributed by atoms with Crippen molar-refractivity contribution in [2.24, 2.45) is 0 Å².